The van der Waals surface area contributed by atoms with E-state index in [0.717, 1.165) is 6.07 Å². The molecule has 0 saturated carbocycles. The number of alkyl carbamates (subject to hydrolysis) is 1. The van der Waals surface area contributed by atoms with Crippen LogP contribution in [0.1, 0.15) is 18.1 Å². The predicted octanol–water partition coefficient (Wildman–Crippen LogP) is 1.39. The number of carbonyl (C=O) groups excluding carboxylic acids is 2. The molecule has 0 aliphatic heterocycles. The first-order chi connectivity index (χ1) is 16.1. The number of carboxylic acid groups (broad SMARTS) is 1. The van der Waals surface area contributed by atoms with Crippen molar-refractivity contribution in [1.82, 2.24) is 10.6 Å². The molecule has 0 heterocycles. The molecule has 182 valence electrons. The Bertz CT molecular complexity index is 1030. The number of benzene rings is 2. The molecule has 0 bridgehead atoms. The second-order valence-electron chi connectivity index (χ2n) is 7.28. The molecular formula is C22H25N3O9. The zero-order valence-electron chi connectivity index (χ0n) is 18.5. The van der Waals surface area contributed by atoms with E-state index < -0.39 is 41.1 Å². The first kappa shape index (κ1) is 26.1. The minimum absolute atomic E-state index is 0.0782. The summed E-state index contributed by atoms with van der Waals surface area (Å²) in [6.45, 7) is 1.16. The van der Waals surface area contributed by atoms with E-state index >= 15 is 0 Å². The SMILES string of the molecule is COc1ccc([N+](=O)[O-])cc1C[C@@H](NC(=O)[C@@H](NC(=O)OCc1ccccc1)[C@@H](C)O)C(=O)O. The van der Waals surface area contributed by atoms with Crippen molar-refractivity contribution in [2.75, 3.05) is 7.11 Å². The quantitative estimate of drug-likeness (QED) is 0.276. The minimum atomic E-state index is -1.54. The molecular weight excluding hydrogens is 450 g/mol. The molecule has 4 N–H and O–H groups in total. The van der Waals surface area contributed by atoms with E-state index in [1.807, 2.05) is 0 Å². The highest BCUT2D eigenvalue weighted by atomic mass is 16.6. The lowest BCUT2D eigenvalue weighted by Crippen LogP contribution is -2.56. The highest BCUT2D eigenvalue weighted by Crippen LogP contribution is 2.25. The molecule has 12 nitrogen and oxygen atoms in total. The van der Waals surface area contributed by atoms with Crippen LogP contribution >= 0.6 is 0 Å². The van der Waals surface area contributed by atoms with E-state index in [9.17, 15) is 34.7 Å². The molecule has 0 unspecified atom stereocenters. The zero-order chi connectivity index (χ0) is 25.3. The van der Waals surface area contributed by atoms with Gasteiger partial charge in [0, 0.05) is 24.1 Å². The van der Waals surface area contributed by atoms with Gasteiger partial charge in [-0.15, -0.1) is 0 Å². The first-order valence-corrected chi connectivity index (χ1v) is 10.1. The Kier molecular flexibility index (Phi) is 9.32. The van der Waals surface area contributed by atoms with Crippen molar-refractivity contribution in [2.24, 2.45) is 0 Å². The van der Waals surface area contributed by atoms with Gasteiger partial charge in [0.15, 0.2) is 0 Å². The third kappa shape index (κ3) is 7.45. The maximum absolute atomic E-state index is 12.7. The number of aliphatic hydroxyl groups excluding tert-OH is 1. The van der Waals surface area contributed by atoms with Gasteiger partial charge in [0.25, 0.3) is 5.69 Å². The summed E-state index contributed by atoms with van der Waals surface area (Å²) in [5, 5.41) is 35.0. The van der Waals surface area contributed by atoms with Gasteiger partial charge < -0.3 is 30.3 Å². The average molecular weight is 475 g/mol. The maximum atomic E-state index is 12.7. The van der Waals surface area contributed by atoms with E-state index in [0.29, 0.717) is 5.56 Å². The van der Waals surface area contributed by atoms with Gasteiger partial charge in [0.2, 0.25) is 5.91 Å². The van der Waals surface area contributed by atoms with Crippen molar-refractivity contribution in [3.63, 3.8) is 0 Å². The smallest absolute Gasteiger partial charge is 0.408 e. The molecule has 2 rings (SSSR count). The Labute approximate surface area is 194 Å². The number of nitrogens with one attached hydrogen (secondary N) is 2. The number of carbonyl (C=O) groups is 3. The Balaban J connectivity index is 2.10. The Morgan fingerprint density at radius 2 is 1.79 bits per heavy atom. The van der Waals surface area contributed by atoms with Gasteiger partial charge >= 0.3 is 12.1 Å². The van der Waals surface area contributed by atoms with E-state index in [-0.39, 0.29) is 30.0 Å². The lowest BCUT2D eigenvalue weighted by atomic mass is 10.0. The molecule has 0 aromatic heterocycles. The molecule has 0 fully saturated rings. The largest absolute Gasteiger partial charge is 0.496 e. The van der Waals surface area contributed by atoms with Gasteiger partial charge in [-0.1, -0.05) is 30.3 Å². The number of aliphatic carboxylic acids is 1. The van der Waals surface area contributed by atoms with Crippen LogP contribution in [0.25, 0.3) is 0 Å². The van der Waals surface area contributed by atoms with Crippen molar-refractivity contribution in [3.05, 3.63) is 69.8 Å². The number of ether oxygens (including phenoxy) is 2. The molecule has 0 radical (unpaired) electrons. The van der Waals surface area contributed by atoms with Crippen LogP contribution in [0.3, 0.4) is 0 Å². The van der Waals surface area contributed by atoms with Crippen LogP contribution < -0.4 is 15.4 Å². The highest BCUT2D eigenvalue weighted by molar-refractivity contribution is 5.89. The van der Waals surface area contributed by atoms with Crippen LogP contribution in [0.15, 0.2) is 48.5 Å². The van der Waals surface area contributed by atoms with Gasteiger partial charge in [-0.05, 0) is 18.6 Å². The standard InChI is InChI=1S/C22H25N3O9/c1-13(26)19(24-22(30)34-12-14-6-4-3-5-7-14)20(27)23-17(21(28)29)11-15-10-16(25(31)32)8-9-18(15)33-2/h3-10,13,17,19,26H,11-12H2,1-2H3,(H,23,27)(H,24,30)(H,28,29)/t13-,17-,19+/m1/s1. The van der Waals surface area contributed by atoms with Crippen LogP contribution in [0, 0.1) is 10.1 Å². The van der Waals surface area contributed by atoms with Gasteiger partial charge in [0.1, 0.15) is 24.4 Å². The van der Waals surface area contributed by atoms with Gasteiger partial charge in [0.05, 0.1) is 18.1 Å². The molecule has 0 saturated heterocycles. The van der Waals surface area contributed by atoms with Crippen LogP contribution in [0.4, 0.5) is 10.5 Å². The van der Waals surface area contributed by atoms with Crippen molar-refractivity contribution in [3.8, 4) is 5.75 Å². The van der Waals surface area contributed by atoms with E-state index in [1.165, 1.54) is 26.2 Å². The number of hydrogen-bond acceptors (Lipinski definition) is 8. The van der Waals surface area contributed by atoms with Crippen LogP contribution in [-0.2, 0) is 27.4 Å². The van der Waals surface area contributed by atoms with Crippen molar-refractivity contribution in [1.29, 1.82) is 0 Å². The molecule has 2 aromatic carbocycles. The molecule has 2 aromatic rings. The van der Waals surface area contributed by atoms with Crippen LogP contribution in [0.5, 0.6) is 5.75 Å². The number of amides is 2. The lowest BCUT2D eigenvalue weighted by Gasteiger charge is -2.23. The molecule has 0 aliphatic carbocycles. The summed E-state index contributed by atoms with van der Waals surface area (Å²) in [7, 11) is 1.31. The number of nitrogens with zero attached hydrogens (tertiary/aromatic N) is 1. The second kappa shape index (κ2) is 12.2. The number of rotatable bonds is 11. The fourth-order valence-corrected chi connectivity index (χ4v) is 3.02. The van der Waals surface area contributed by atoms with Gasteiger partial charge in [-0.3, -0.25) is 14.9 Å². The summed E-state index contributed by atoms with van der Waals surface area (Å²) in [4.78, 5) is 47.0. The Hall–Kier alpha value is -4.19. The van der Waals surface area contributed by atoms with Crippen LogP contribution in [-0.4, -0.2) is 58.4 Å². The number of carboxylic acids is 1. The predicted molar refractivity (Wildman–Crippen MR) is 118 cm³/mol. The summed E-state index contributed by atoms with van der Waals surface area (Å²) < 4.78 is 10.2. The molecule has 2 amide bonds. The average Bonchev–Trinajstić information content (AvgIpc) is 2.80. The normalized spacial score (nSPS) is 13.1. The third-order valence-electron chi connectivity index (χ3n) is 4.76. The number of non-ortho nitro benzene ring substituents is 1. The molecule has 12 heteroatoms. The Morgan fingerprint density at radius 3 is 2.35 bits per heavy atom. The number of aliphatic hydroxyl groups is 1. The second-order valence-corrected chi connectivity index (χ2v) is 7.28. The fraction of sp³-hybridized carbons (Fsp3) is 0.318. The zero-order valence-corrected chi connectivity index (χ0v) is 18.5. The first-order valence-electron chi connectivity index (χ1n) is 10.1. The van der Waals surface area contributed by atoms with Crippen molar-refractivity contribution < 1.29 is 39.0 Å². The van der Waals surface area contributed by atoms with E-state index in [2.05, 4.69) is 10.6 Å². The highest BCUT2D eigenvalue weighted by Gasteiger charge is 2.31. The molecule has 0 aliphatic rings. The van der Waals surface area contributed by atoms with Crippen molar-refractivity contribution >= 4 is 23.7 Å². The number of nitro benzene ring substituents is 1. The fourth-order valence-electron chi connectivity index (χ4n) is 3.02. The summed E-state index contributed by atoms with van der Waals surface area (Å²) in [6.07, 6.45) is -2.72. The van der Waals surface area contributed by atoms with Gasteiger partial charge in [-0.25, -0.2) is 9.59 Å². The summed E-state index contributed by atoms with van der Waals surface area (Å²) in [5.41, 5.74) is 0.594. The lowest BCUT2D eigenvalue weighted by molar-refractivity contribution is -0.384. The topological polar surface area (TPSA) is 177 Å². The maximum Gasteiger partial charge on any atom is 0.408 e. The number of methoxy groups -OCH3 is 1. The summed E-state index contributed by atoms with van der Waals surface area (Å²) in [6, 6.07) is 9.37. The number of nitro groups is 1. The number of hydrogen-bond donors (Lipinski definition) is 4. The minimum Gasteiger partial charge on any atom is -0.496 e. The molecule has 0 spiro atoms. The molecule has 34 heavy (non-hydrogen) atoms. The summed E-state index contributed by atoms with van der Waals surface area (Å²) in [5.74, 6) is -2.22. The van der Waals surface area contributed by atoms with E-state index in [1.54, 1.807) is 30.3 Å². The monoisotopic (exact) mass is 475 g/mol. The van der Waals surface area contributed by atoms with Crippen LogP contribution in [0.2, 0.25) is 0 Å². The van der Waals surface area contributed by atoms with Gasteiger partial charge in [-0.2, -0.15) is 0 Å². The third-order valence-corrected chi connectivity index (χ3v) is 4.76. The molecule has 3 atom stereocenters. The Morgan fingerprint density at radius 1 is 1.12 bits per heavy atom. The van der Waals surface area contributed by atoms with E-state index in [4.69, 9.17) is 9.47 Å². The van der Waals surface area contributed by atoms with Crippen molar-refractivity contribution in [2.45, 2.75) is 38.1 Å². The summed E-state index contributed by atoms with van der Waals surface area (Å²) >= 11 is 0.